The Labute approximate surface area is 266 Å². The lowest BCUT2D eigenvalue weighted by molar-refractivity contribution is 0.0273. The maximum absolute atomic E-state index is 14.0. The second-order valence-corrected chi connectivity index (χ2v) is 13.5. The van der Waals surface area contributed by atoms with Crippen molar-refractivity contribution in [3.05, 3.63) is 126 Å². The Bertz CT molecular complexity index is 1580. The molecule has 0 aliphatic carbocycles. The third kappa shape index (κ3) is 9.63. The molecule has 0 saturated heterocycles. The molecule has 0 saturated carbocycles. The van der Waals surface area contributed by atoms with Crippen molar-refractivity contribution in [3.8, 4) is 0 Å². The quantitative estimate of drug-likeness (QED) is 0.124. The molecule has 0 bridgehead atoms. The van der Waals surface area contributed by atoms with Gasteiger partial charge in [-0.05, 0) is 47.2 Å². The predicted molar refractivity (Wildman–Crippen MR) is 178 cm³/mol. The van der Waals surface area contributed by atoms with Gasteiger partial charge in [0.1, 0.15) is 0 Å². The normalized spacial score (nSPS) is 13.2. The van der Waals surface area contributed by atoms with Crippen LogP contribution in [0.5, 0.6) is 0 Å². The molecule has 9 nitrogen and oxygen atoms in total. The van der Waals surface area contributed by atoms with E-state index in [-0.39, 0.29) is 35.3 Å². The summed E-state index contributed by atoms with van der Waals surface area (Å²) in [5, 5.41) is 23.3. The van der Waals surface area contributed by atoms with Gasteiger partial charge in [-0.25, -0.2) is 13.2 Å². The number of rotatable bonds is 15. The number of nitrogen functional groups attached to an aromatic ring is 1. The third-order valence-corrected chi connectivity index (χ3v) is 9.35. The standard InChI is InChI=1S/C35H42N4O5S/c1-26(2)22-39(45(43,44)30-18-19-32(31(36)21-30)37-35(41)42)25-34(40)33(20-27-12-6-3-7-13-27)38(23-28-14-8-4-9-15-28)24-29-16-10-5-11-17-29/h3-19,21,26,33-34,37,40H,20,22-25,36H2,1-2H3,(H,41,42)/t33-,34+/m0/s1. The Morgan fingerprint density at radius 2 is 1.31 bits per heavy atom. The zero-order chi connectivity index (χ0) is 32.4. The third-order valence-electron chi connectivity index (χ3n) is 7.52. The number of nitrogens with two attached hydrogens (primary N) is 1. The molecule has 4 rings (SSSR count). The topological polar surface area (TPSA) is 136 Å². The van der Waals surface area contributed by atoms with Crippen molar-refractivity contribution in [3.63, 3.8) is 0 Å². The Morgan fingerprint density at radius 1 is 0.800 bits per heavy atom. The van der Waals surface area contributed by atoms with E-state index >= 15 is 0 Å². The fourth-order valence-electron chi connectivity index (χ4n) is 5.38. The molecule has 4 aromatic carbocycles. The summed E-state index contributed by atoms with van der Waals surface area (Å²) in [5.74, 6) is -0.0328. The minimum Gasteiger partial charge on any atom is -0.465 e. The first-order valence-corrected chi connectivity index (χ1v) is 16.4. The Kier molecular flexibility index (Phi) is 11.7. The van der Waals surface area contributed by atoms with Crippen LogP contribution in [-0.2, 0) is 29.5 Å². The summed E-state index contributed by atoms with van der Waals surface area (Å²) in [4.78, 5) is 13.2. The molecule has 4 aromatic rings. The fourth-order valence-corrected chi connectivity index (χ4v) is 7.04. The Morgan fingerprint density at radius 3 is 1.78 bits per heavy atom. The number of sulfonamides is 1. The fraction of sp³-hybridized carbons (Fsp3) is 0.286. The van der Waals surface area contributed by atoms with Crippen LogP contribution in [0.2, 0.25) is 0 Å². The first kappa shape index (κ1) is 33.7. The Hall–Kier alpha value is -4.22. The van der Waals surface area contributed by atoms with Gasteiger partial charge in [0.2, 0.25) is 10.0 Å². The van der Waals surface area contributed by atoms with Crippen LogP contribution in [0.3, 0.4) is 0 Å². The van der Waals surface area contributed by atoms with E-state index < -0.39 is 28.3 Å². The molecule has 0 fully saturated rings. The number of nitrogens with one attached hydrogen (secondary N) is 1. The number of anilines is 2. The lowest BCUT2D eigenvalue weighted by Gasteiger charge is -2.37. The molecule has 0 aromatic heterocycles. The van der Waals surface area contributed by atoms with Crippen molar-refractivity contribution in [1.29, 1.82) is 0 Å². The summed E-state index contributed by atoms with van der Waals surface area (Å²) in [6.45, 7) is 4.96. The number of hydrogen-bond donors (Lipinski definition) is 4. The highest BCUT2D eigenvalue weighted by molar-refractivity contribution is 7.89. The van der Waals surface area contributed by atoms with Gasteiger partial charge in [-0.2, -0.15) is 4.31 Å². The first-order chi connectivity index (χ1) is 21.5. The van der Waals surface area contributed by atoms with Crippen molar-refractivity contribution < 1.29 is 23.4 Å². The SMILES string of the molecule is CC(C)CN(C[C@@H](O)[C@H](Cc1ccccc1)N(Cc1ccccc1)Cc1ccccc1)S(=O)(=O)c1ccc(NC(=O)O)c(N)c1. The summed E-state index contributed by atoms with van der Waals surface area (Å²) < 4.78 is 29.4. The van der Waals surface area contributed by atoms with E-state index in [9.17, 15) is 18.3 Å². The second-order valence-electron chi connectivity index (χ2n) is 11.6. The lowest BCUT2D eigenvalue weighted by atomic mass is 9.97. The van der Waals surface area contributed by atoms with Gasteiger partial charge in [0, 0.05) is 32.2 Å². The van der Waals surface area contributed by atoms with Gasteiger partial charge in [0.15, 0.2) is 0 Å². The molecule has 5 N–H and O–H groups in total. The van der Waals surface area contributed by atoms with Gasteiger partial charge < -0.3 is 15.9 Å². The number of nitrogens with zero attached hydrogens (tertiary/aromatic N) is 2. The maximum atomic E-state index is 14.0. The van der Waals surface area contributed by atoms with Crippen LogP contribution < -0.4 is 11.1 Å². The van der Waals surface area contributed by atoms with E-state index in [1.807, 2.05) is 105 Å². The minimum atomic E-state index is -4.11. The smallest absolute Gasteiger partial charge is 0.409 e. The molecule has 0 aliphatic rings. The highest BCUT2D eigenvalue weighted by Gasteiger charge is 2.33. The van der Waals surface area contributed by atoms with Crippen LogP contribution in [0.4, 0.5) is 16.2 Å². The van der Waals surface area contributed by atoms with E-state index in [1.165, 1.54) is 22.5 Å². The van der Waals surface area contributed by atoms with E-state index in [0.29, 0.717) is 19.5 Å². The Balaban J connectivity index is 1.71. The van der Waals surface area contributed by atoms with Crippen LogP contribution in [-0.4, -0.2) is 59.2 Å². The summed E-state index contributed by atoms with van der Waals surface area (Å²) in [6.07, 6.45) is -1.86. The molecule has 10 heteroatoms. The predicted octanol–water partition coefficient (Wildman–Crippen LogP) is 5.68. The first-order valence-electron chi connectivity index (χ1n) is 15.0. The van der Waals surface area contributed by atoms with Gasteiger partial charge in [-0.15, -0.1) is 0 Å². The number of benzene rings is 4. The summed E-state index contributed by atoms with van der Waals surface area (Å²) in [7, 11) is -4.11. The molecule has 0 unspecified atom stereocenters. The zero-order valence-corrected chi connectivity index (χ0v) is 26.5. The molecule has 0 spiro atoms. The summed E-state index contributed by atoms with van der Waals surface area (Å²) >= 11 is 0. The molecule has 0 radical (unpaired) electrons. The highest BCUT2D eigenvalue weighted by Crippen LogP contribution is 2.27. The molecular weight excluding hydrogens is 588 g/mol. The van der Waals surface area contributed by atoms with E-state index in [0.717, 1.165) is 16.7 Å². The van der Waals surface area contributed by atoms with Gasteiger partial charge in [-0.1, -0.05) is 105 Å². The van der Waals surface area contributed by atoms with Crippen molar-refractivity contribution in [1.82, 2.24) is 9.21 Å². The molecule has 0 heterocycles. The molecule has 0 aliphatic heterocycles. The van der Waals surface area contributed by atoms with Crippen molar-refractivity contribution in [2.75, 3.05) is 24.1 Å². The van der Waals surface area contributed by atoms with Crippen LogP contribution in [0.15, 0.2) is 114 Å². The second kappa shape index (κ2) is 15.7. The van der Waals surface area contributed by atoms with E-state index in [4.69, 9.17) is 10.8 Å². The number of aliphatic hydroxyl groups excluding tert-OH is 1. The average Bonchev–Trinajstić information content (AvgIpc) is 3.01. The highest BCUT2D eigenvalue weighted by atomic mass is 32.2. The largest absolute Gasteiger partial charge is 0.465 e. The lowest BCUT2D eigenvalue weighted by Crippen LogP contribution is -2.50. The number of hydrogen-bond acceptors (Lipinski definition) is 6. The van der Waals surface area contributed by atoms with Gasteiger partial charge in [-0.3, -0.25) is 10.2 Å². The van der Waals surface area contributed by atoms with Crippen molar-refractivity contribution in [2.24, 2.45) is 5.92 Å². The van der Waals surface area contributed by atoms with Crippen LogP contribution in [0.1, 0.15) is 30.5 Å². The van der Waals surface area contributed by atoms with Crippen LogP contribution in [0.25, 0.3) is 0 Å². The molecule has 2 atom stereocenters. The van der Waals surface area contributed by atoms with Gasteiger partial charge in [0.25, 0.3) is 0 Å². The maximum Gasteiger partial charge on any atom is 0.409 e. The monoisotopic (exact) mass is 630 g/mol. The zero-order valence-electron chi connectivity index (χ0n) is 25.7. The van der Waals surface area contributed by atoms with E-state index in [2.05, 4.69) is 10.2 Å². The molecule has 1 amide bonds. The minimum absolute atomic E-state index is 0.0117. The van der Waals surface area contributed by atoms with Crippen molar-refractivity contribution in [2.45, 2.75) is 50.4 Å². The number of carbonyl (C=O) groups is 1. The van der Waals surface area contributed by atoms with Crippen LogP contribution in [0, 0.1) is 5.92 Å². The molecule has 45 heavy (non-hydrogen) atoms. The van der Waals surface area contributed by atoms with Crippen molar-refractivity contribution >= 4 is 27.5 Å². The van der Waals surface area contributed by atoms with Crippen LogP contribution >= 0.6 is 0 Å². The summed E-state index contributed by atoms with van der Waals surface area (Å²) in [6, 6.07) is 33.4. The van der Waals surface area contributed by atoms with E-state index in [1.54, 1.807) is 0 Å². The number of carboxylic acid groups (broad SMARTS) is 1. The number of amides is 1. The van der Waals surface area contributed by atoms with Gasteiger partial charge >= 0.3 is 6.09 Å². The van der Waals surface area contributed by atoms with Gasteiger partial charge in [0.05, 0.1) is 22.4 Å². The number of aliphatic hydroxyl groups is 1. The summed E-state index contributed by atoms with van der Waals surface area (Å²) in [5.41, 5.74) is 9.29. The molecule has 238 valence electrons. The average molecular weight is 631 g/mol. The molecular formula is C35H42N4O5S.